The molecule has 0 saturated carbocycles. The Morgan fingerprint density at radius 1 is 0.730 bits per heavy atom. The van der Waals surface area contributed by atoms with Crippen LogP contribution in [0, 0.1) is 17.8 Å². The van der Waals surface area contributed by atoms with Gasteiger partial charge in [0, 0.05) is 64.2 Å². The molecule has 3 saturated heterocycles. The molecule has 5 nitrogen and oxygen atoms in total. The Kier molecular flexibility index (Phi) is 16.5. The molecule has 214 valence electrons. The summed E-state index contributed by atoms with van der Waals surface area (Å²) in [6.45, 7) is 25.8. The molecule has 0 bridgehead atoms. The molecule has 0 aromatic heterocycles. The van der Waals surface area contributed by atoms with Crippen molar-refractivity contribution in [2.45, 2.75) is 79.7 Å². The van der Waals surface area contributed by atoms with E-state index in [0.29, 0.717) is 6.04 Å². The first kappa shape index (κ1) is 32.1. The van der Waals surface area contributed by atoms with Gasteiger partial charge < -0.3 is 14.4 Å². The monoisotopic (exact) mass is 517 g/mol. The van der Waals surface area contributed by atoms with Crippen LogP contribution in [0.2, 0.25) is 0 Å². The number of rotatable bonds is 8. The standard InChI is InChI=1S/C16H26N2.C9H18O.C7H15NO/c1-15(2)7-6-10-17-11-13-18(14-12-17)16-8-4-3-5-9-16;1-8(2)7-9-3-5-10-6-4-9;1-7(2)8-3-5-9-6-4-8/h3-5,8-9,15H,6-7,10-14H2,1-2H3;8-9H,3-7H2,1-2H3;7H,3-6H2,1-2H3. The molecule has 5 heteroatoms. The third kappa shape index (κ3) is 14.6. The highest BCUT2D eigenvalue weighted by atomic mass is 16.5. The second-order valence-electron chi connectivity index (χ2n) is 12.1. The average molecular weight is 518 g/mol. The van der Waals surface area contributed by atoms with Crippen LogP contribution in [0.3, 0.4) is 0 Å². The van der Waals surface area contributed by atoms with E-state index in [1.807, 2.05) is 0 Å². The molecule has 0 N–H and O–H groups in total. The molecule has 3 aliphatic rings. The van der Waals surface area contributed by atoms with Crippen LogP contribution < -0.4 is 4.90 Å². The first-order valence-electron chi connectivity index (χ1n) is 15.3. The van der Waals surface area contributed by atoms with E-state index in [1.54, 1.807) is 0 Å². The Morgan fingerprint density at radius 3 is 1.84 bits per heavy atom. The van der Waals surface area contributed by atoms with Gasteiger partial charge >= 0.3 is 0 Å². The van der Waals surface area contributed by atoms with Crippen LogP contribution in [0.4, 0.5) is 5.69 Å². The molecule has 1 aromatic rings. The lowest BCUT2D eigenvalue weighted by Crippen LogP contribution is -2.46. The zero-order valence-electron chi connectivity index (χ0n) is 25.2. The first-order chi connectivity index (χ1) is 17.8. The van der Waals surface area contributed by atoms with Gasteiger partial charge in [-0.1, -0.05) is 45.9 Å². The SMILES string of the molecule is CC(C)CC1CCOCC1.CC(C)CCCN1CCN(c2ccccc2)CC1.CC(C)N1CCOCC1. The van der Waals surface area contributed by atoms with Crippen molar-refractivity contribution in [1.29, 1.82) is 0 Å². The predicted molar refractivity (Wildman–Crippen MR) is 160 cm³/mol. The molecular formula is C32H59N3O2. The number of ether oxygens (including phenoxy) is 2. The van der Waals surface area contributed by atoms with E-state index >= 15 is 0 Å². The second-order valence-corrected chi connectivity index (χ2v) is 12.1. The minimum absolute atomic E-state index is 0.689. The number of morpholine rings is 1. The molecule has 0 amide bonds. The van der Waals surface area contributed by atoms with Crippen molar-refractivity contribution >= 4 is 5.69 Å². The molecule has 0 radical (unpaired) electrons. The van der Waals surface area contributed by atoms with Gasteiger partial charge in [0.1, 0.15) is 0 Å². The van der Waals surface area contributed by atoms with Crippen LogP contribution in [0.5, 0.6) is 0 Å². The quantitative estimate of drug-likeness (QED) is 0.396. The lowest BCUT2D eigenvalue weighted by molar-refractivity contribution is 0.0238. The molecule has 0 spiro atoms. The summed E-state index contributed by atoms with van der Waals surface area (Å²) in [7, 11) is 0. The number of para-hydroxylation sites is 1. The minimum atomic E-state index is 0.689. The number of hydrogen-bond acceptors (Lipinski definition) is 5. The maximum absolute atomic E-state index is 5.28. The summed E-state index contributed by atoms with van der Waals surface area (Å²) in [5.41, 5.74) is 1.37. The summed E-state index contributed by atoms with van der Waals surface area (Å²) in [4.78, 5) is 7.55. The minimum Gasteiger partial charge on any atom is -0.381 e. The molecule has 0 unspecified atom stereocenters. The van der Waals surface area contributed by atoms with Crippen molar-refractivity contribution < 1.29 is 9.47 Å². The van der Waals surface area contributed by atoms with Crippen molar-refractivity contribution in [2.24, 2.45) is 17.8 Å². The summed E-state index contributed by atoms with van der Waals surface area (Å²) >= 11 is 0. The average Bonchev–Trinajstić information content (AvgIpc) is 2.91. The molecule has 1 aromatic carbocycles. The van der Waals surface area contributed by atoms with Gasteiger partial charge in [0.05, 0.1) is 13.2 Å². The van der Waals surface area contributed by atoms with Gasteiger partial charge in [-0.05, 0) is 82.4 Å². The normalized spacial score (nSPS) is 20.0. The Hall–Kier alpha value is -1.14. The number of hydrogen-bond donors (Lipinski definition) is 0. The molecule has 37 heavy (non-hydrogen) atoms. The van der Waals surface area contributed by atoms with Gasteiger partial charge in [-0.15, -0.1) is 0 Å². The zero-order chi connectivity index (χ0) is 26.9. The zero-order valence-corrected chi connectivity index (χ0v) is 25.2. The van der Waals surface area contributed by atoms with E-state index in [9.17, 15) is 0 Å². The Morgan fingerprint density at radius 2 is 1.32 bits per heavy atom. The fourth-order valence-electron chi connectivity index (χ4n) is 5.33. The topological polar surface area (TPSA) is 28.2 Å². The van der Waals surface area contributed by atoms with Crippen LogP contribution in [0.25, 0.3) is 0 Å². The van der Waals surface area contributed by atoms with Gasteiger partial charge in [0.25, 0.3) is 0 Å². The number of benzene rings is 1. The fourth-order valence-corrected chi connectivity index (χ4v) is 5.33. The summed E-state index contributed by atoms with van der Waals surface area (Å²) in [5.74, 6) is 2.66. The Bertz CT molecular complexity index is 647. The Labute approximate surface area is 229 Å². The molecular weight excluding hydrogens is 458 g/mol. The fraction of sp³-hybridized carbons (Fsp3) is 0.812. The highest BCUT2D eigenvalue weighted by molar-refractivity contribution is 5.46. The van der Waals surface area contributed by atoms with E-state index < -0.39 is 0 Å². The van der Waals surface area contributed by atoms with Gasteiger partial charge in [0.2, 0.25) is 0 Å². The summed E-state index contributed by atoms with van der Waals surface area (Å²) in [6.07, 6.45) is 6.68. The van der Waals surface area contributed by atoms with Crippen molar-refractivity contribution in [3.05, 3.63) is 30.3 Å². The van der Waals surface area contributed by atoms with Crippen molar-refractivity contribution in [1.82, 2.24) is 9.80 Å². The van der Waals surface area contributed by atoms with Crippen LogP contribution in [0.15, 0.2) is 30.3 Å². The summed E-state index contributed by atoms with van der Waals surface area (Å²) in [6, 6.07) is 11.5. The Balaban J connectivity index is 0.000000214. The van der Waals surface area contributed by atoms with Gasteiger partial charge in [0.15, 0.2) is 0 Å². The second kappa shape index (κ2) is 19.0. The molecule has 3 heterocycles. The predicted octanol–water partition coefficient (Wildman–Crippen LogP) is 6.43. The number of nitrogens with zero attached hydrogens (tertiary/aromatic N) is 3. The lowest BCUT2D eigenvalue weighted by atomic mass is 9.91. The van der Waals surface area contributed by atoms with Gasteiger partial charge in [-0.25, -0.2) is 0 Å². The number of piperazine rings is 1. The third-order valence-corrected chi connectivity index (χ3v) is 7.67. The van der Waals surface area contributed by atoms with Crippen LogP contribution >= 0.6 is 0 Å². The lowest BCUT2D eigenvalue weighted by Gasteiger charge is -2.36. The molecule has 0 aliphatic carbocycles. The molecule has 0 atom stereocenters. The van der Waals surface area contributed by atoms with Crippen molar-refractivity contribution in [3.8, 4) is 0 Å². The van der Waals surface area contributed by atoms with Crippen LogP contribution in [-0.4, -0.2) is 88.1 Å². The molecule has 3 aliphatic heterocycles. The smallest absolute Gasteiger partial charge is 0.0594 e. The van der Waals surface area contributed by atoms with E-state index in [-0.39, 0.29) is 0 Å². The van der Waals surface area contributed by atoms with Gasteiger partial charge in [-0.3, -0.25) is 9.80 Å². The van der Waals surface area contributed by atoms with E-state index in [4.69, 9.17) is 9.47 Å². The maximum atomic E-state index is 5.28. The van der Waals surface area contributed by atoms with E-state index in [2.05, 4.69) is 86.6 Å². The molecule has 3 fully saturated rings. The third-order valence-electron chi connectivity index (χ3n) is 7.67. The highest BCUT2D eigenvalue weighted by Gasteiger charge is 2.17. The molecule has 4 rings (SSSR count). The number of anilines is 1. The van der Waals surface area contributed by atoms with E-state index in [1.165, 1.54) is 70.5 Å². The summed E-state index contributed by atoms with van der Waals surface area (Å²) in [5, 5.41) is 0. The van der Waals surface area contributed by atoms with Crippen molar-refractivity contribution in [2.75, 3.05) is 77.1 Å². The van der Waals surface area contributed by atoms with Crippen molar-refractivity contribution in [3.63, 3.8) is 0 Å². The maximum Gasteiger partial charge on any atom is 0.0594 e. The van der Waals surface area contributed by atoms with E-state index in [0.717, 1.165) is 57.3 Å². The first-order valence-corrected chi connectivity index (χ1v) is 15.3. The highest BCUT2D eigenvalue weighted by Crippen LogP contribution is 2.22. The summed E-state index contributed by atoms with van der Waals surface area (Å²) < 4.78 is 10.5. The van der Waals surface area contributed by atoms with Crippen LogP contribution in [-0.2, 0) is 9.47 Å². The largest absolute Gasteiger partial charge is 0.381 e. The van der Waals surface area contributed by atoms with Gasteiger partial charge in [-0.2, -0.15) is 0 Å². The van der Waals surface area contributed by atoms with Crippen LogP contribution in [0.1, 0.15) is 73.6 Å².